The Labute approximate surface area is 127 Å². The highest BCUT2D eigenvalue weighted by Crippen LogP contribution is 2.28. The van der Waals surface area contributed by atoms with E-state index in [9.17, 15) is 0 Å². The average molecular weight is 296 g/mol. The van der Waals surface area contributed by atoms with Gasteiger partial charge in [-0.15, -0.1) is 11.3 Å². The van der Waals surface area contributed by atoms with Crippen LogP contribution >= 0.6 is 11.3 Å². The van der Waals surface area contributed by atoms with E-state index >= 15 is 0 Å². The number of piperidine rings is 1. The molecule has 0 radical (unpaired) electrons. The summed E-state index contributed by atoms with van der Waals surface area (Å²) in [5.74, 6) is 0. The maximum absolute atomic E-state index is 6.14. The van der Waals surface area contributed by atoms with E-state index in [4.69, 9.17) is 5.73 Å². The molecule has 0 bridgehead atoms. The van der Waals surface area contributed by atoms with Crippen LogP contribution in [0.25, 0.3) is 0 Å². The Morgan fingerprint density at radius 3 is 2.65 bits per heavy atom. The van der Waals surface area contributed by atoms with Gasteiger partial charge in [-0.05, 0) is 52.9 Å². The SMILES string of the molecule is CCCN1CCC(CN)(N(C)Cc2csc(C)n2)CC1. The number of rotatable bonds is 6. The van der Waals surface area contributed by atoms with Crippen molar-refractivity contribution in [1.29, 1.82) is 0 Å². The Kier molecular flexibility index (Phi) is 5.55. The van der Waals surface area contributed by atoms with E-state index in [0.29, 0.717) is 0 Å². The van der Waals surface area contributed by atoms with Gasteiger partial charge in [0, 0.05) is 24.0 Å². The molecule has 0 spiro atoms. The molecule has 114 valence electrons. The maximum atomic E-state index is 6.14. The van der Waals surface area contributed by atoms with Crippen LogP contribution in [0.3, 0.4) is 0 Å². The Bertz CT molecular complexity index is 410. The highest BCUT2D eigenvalue weighted by atomic mass is 32.1. The van der Waals surface area contributed by atoms with Gasteiger partial charge in [0.05, 0.1) is 10.7 Å². The molecule has 1 aliphatic rings. The number of likely N-dealkylation sites (N-methyl/N-ethyl adjacent to an activating group) is 1. The maximum Gasteiger partial charge on any atom is 0.0897 e. The first-order valence-corrected chi connectivity index (χ1v) is 8.52. The highest BCUT2D eigenvalue weighted by Gasteiger charge is 2.36. The minimum atomic E-state index is 0.155. The van der Waals surface area contributed by atoms with Crippen LogP contribution in [0.4, 0.5) is 0 Å². The summed E-state index contributed by atoms with van der Waals surface area (Å²) >= 11 is 1.73. The summed E-state index contributed by atoms with van der Waals surface area (Å²) in [7, 11) is 2.21. The number of nitrogens with zero attached hydrogens (tertiary/aromatic N) is 3. The fourth-order valence-corrected chi connectivity index (χ4v) is 3.75. The summed E-state index contributed by atoms with van der Waals surface area (Å²) in [6, 6.07) is 0. The molecule has 0 saturated carbocycles. The fourth-order valence-electron chi connectivity index (χ4n) is 3.14. The average Bonchev–Trinajstić information content (AvgIpc) is 2.85. The van der Waals surface area contributed by atoms with Crippen LogP contribution in [0.5, 0.6) is 0 Å². The Morgan fingerprint density at radius 2 is 2.15 bits per heavy atom. The van der Waals surface area contributed by atoms with Gasteiger partial charge >= 0.3 is 0 Å². The van der Waals surface area contributed by atoms with E-state index in [1.54, 1.807) is 11.3 Å². The zero-order valence-corrected chi connectivity index (χ0v) is 13.9. The third kappa shape index (κ3) is 3.58. The lowest BCUT2D eigenvalue weighted by molar-refractivity contribution is 0.0394. The summed E-state index contributed by atoms with van der Waals surface area (Å²) in [4.78, 5) is 9.58. The Morgan fingerprint density at radius 1 is 1.45 bits per heavy atom. The van der Waals surface area contributed by atoms with Crippen LogP contribution in [0.15, 0.2) is 5.38 Å². The number of aryl methyl sites for hydroxylation is 1. The molecule has 0 atom stereocenters. The smallest absolute Gasteiger partial charge is 0.0897 e. The molecule has 0 aromatic carbocycles. The van der Waals surface area contributed by atoms with Crippen molar-refractivity contribution < 1.29 is 0 Å². The van der Waals surface area contributed by atoms with Crippen molar-refractivity contribution in [1.82, 2.24) is 14.8 Å². The topological polar surface area (TPSA) is 45.4 Å². The summed E-state index contributed by atoms with van der Waals surface area (Å²) in [6.07, 6.45) is 3.58. The lowest BCUT2D eigenvalue weighted by Crippen LogP contribution is -2.57. The third-order valence-electron chi connectivity index (χ3n) is 4.58. The van der Waals surface area contributed by atoms with Crippen molar-refractivity contribution in [2.24, 2.45) is 5.73 Å². The number of thiazole rings is 1. The monoisotopic (exact) mass is 296 g/mol. The van der Waals surface area contributed by atoms with Gasteiger partial charge in [0.15, 0.2) is 0 Å². The molecular weight excluding hydrogens is 268 g/mol. The molecule has 4 nitrogen and oxygen atoms in total. The standard InChI is InChI=1S/C15H28N4S/c1-4-7-19-8-5-15(12-16,6-9-19)18(3)10-14-11-20-13(2)17-14/h11H,4-10,12,16H2,1-3H3. The number of hydrogen-bond donors (Lipinski definition) is 1. The molecule has 1 fully saturated rings. The zero-order chi connectivity index (χ0) is 14.6. The van der Waals surface area contributed by atoms with Crippen molar-refractivity contribution in [3.63, 3.8) is 0 Å². The minimum absolute atomic E-state index is 0.155. The van der Waals surface area contributed by atoms with Crippen molar-refractivity contribution in [3.8, 4) is 0 Å². The molecule has 1 saturated heterocycles. The van der Waals surface area contributed by atoms with Crippen molar-refractivity contribution >= 4 is 11.3 Å². The Hall–Kier alpha value is -0.490. The van der Waals surface area contributed by atoms with Crippen LogP contribution in [-0.4, -0.2) is 53.5 Å². The van der Waals surface area contributed by atoms with Crippen LogP contribution < -0.4 is 5.73 Å². The van der Waals surface area contributed by atoms with Gasteiger partial charge in [-0.3, -0.25) is 4.90 Å². The molecule has 1 aromatic rings. The second-order valence-corrected chi connectivity index (χ2v) is 7.05. The Balaban J connectivity index is 1.96. The molecule has 5 heteroatoms. The van der Waals surface area contributed by atoms with Crippen LogP contribution in [0.2, 0.25) is 0 Å². The molecule has 20 heavy (non-hydrogen) atoms. The second kappa shape index (κ2) is 6.98. The lowest BCUT2D eigenvalue weighted by Gasteiger charge is -2.47. The van der Waals surface area contributed by atoms with Gasteiger partial charge in [0.25, 0.3) is 0 Å². The van der Waals surface area contributed by atoms with E-state index in [-0.39, 0.29) is 5.54 Å². The minimum Gasteiger partial charge on any atom is -0.329 e. The van der Waals surface area contributed by atoms with E-state index in [0.717, 1.165) is 18.1 Å². The molecule has 2 heterocycles. The molecular formula is C15H28N4S. The van der Waals surface area contributed by atoms with Crippen molar-refractivity contribution in [3.05, 3.63) is 16.1 Å². The van der Waals surface area contributed by atoms with Gasteiger partial charge < -0.3 is 10.6 Å². The normalized spacial score (nSPS) is 19.6. The summed E-state index contributed by atoms with van der Waals surface area (Å²) in [5, 5.41) is 3.32. The number of likely N-dealkylation sites (tertiary alicyclic amines) is 1. The van der Waals surface area contributed by atoms with Gasteiger partial charge in [-0.25, -0.2) is 4.98 Å². The van der Waals surface area contributed by atoms with Crippen molar-refractivity contribution in [2.45, 2.75) is 45.2 Å². The molecule has 0 amide bonds. The van der Waals surface area contributed by atoms with E-state index < -0.39 is 0 Å². The van der Waals surface area contributed by atoms with E-state index in [1.165, 1.54) is 44.6 Å². The van der Waals surface area contributed by atoms with Crippen LogP contribution in [0.1, 0.15) is 36.9 Å². The van der Waals surface area contributed by atoms with E-state index in [2.05, 4.69) is 41.1 Å². The molecule has 2 rings (SSSR count). The van der Waals surface area contributed by atoms with Gasteiger partial charge in [-0.1, -0.05) is 6.92 Å². The van der Waals surface area contributed by atoms with Gasteiger partial charge in [0.2, 0.25) is 0 Å². The largest absolute Gasteiger partial charge is 0.329 e. The molecule has 0 aliphatic carbocycles. The van der Waals surface area contributed by atoms with Crippen LogP contribution in [0, 0.1) is 6.92 Å². The summed E-state index contributed by atoms with van der Waals surface area (Å²) in [5.41, 5.74) is 7.47. The molecule has 1 aliphatic heterocycles. The van der Waals surface area contributed by atoms with Crippen molar-refractivity contribution in [2.75, 3.05) is 33.2 Å². The first-order valence-electron chi connectivity index (χ1n) is 7.64. The highest BCUT2D eigenvalue weighted by molar-refractivity contribution is 7.09. The van der Waals surface area contributed by atoms with Gasteiger partial charge in [0.1, 0.15) is 0 Å². The molecule has 1 aromatic heterocycles. The lowest BCUT2D eigenvalue weighted by atomic mass is 9.85. The number of nitrogens with two attached hydrogens (primary N) is 1. The first kappa shape index (κ1) is 15.9. The third-order valence-corrected chi connectivity index (χ3v) is 5.40. The predicted molar refractivity (Wildman–Crippen MR) is 86.1 cm³/mol. The quantitative estimate of drug-likeness (QED) is 0.873. The second-order valence-electron chi connectivity index (χ2n) is 5.98. The van der Waals surface area contributed by atoms with Gasteiger partial charge in [-0.2, -0.15) is 0 Å². The summed E-state index contributed by atoms with van der Waals surface area (Å²) in [6.45, 7) is 9.53. The van der Waals surface area contributed by atoms with Crippen LogP contribution in [-0.2, 0) is 6.54 Å². The number of hydrogen-bond acceptors (Lipinski definition) is 5. The summed E-state index contributed by atoms with van der Waals surface area (Å²) < 4.78 is 0. The van der Waals surface area contributed by atoms with E-state index in [1.807, 2.05) is 0 Å². The zero-order valence-electron chi connectivity index (χ0n) is 13.1. The predicted octanol–water partition coefficient (Wildman–Crippen LogP) is 2.09. The fraction of sp³-hybridized carbons (Fsp3) is 0.800. The molecule has 2 N–H and O–H groups in total. The first-order chi connectivity index (χ1) is 9.59. The molecule has 0 unspecified atom stereocenters. The number of aromatic nitrogens is 1.